The number of primary amides is 1. The maximum absolute atomic E-state index is 11.9. The molecule has 0 aliphatic carbocycles. The van der Waals surface area contributed by atoms with Crippen LogP contribution in [0.1, 0.15) is 12.8 Å². The molecule has 2 amide bonds. The number of rotatable bonds is 6. The number of hydrogen-bond donors (Lipinski definition) is 3. The maximum atomic E-state index is 11.9. The van der Waals surface area contributed by atoms with E-state index in [2.05, 4.69) is 0 Å². The number of amides is 2. The van der Waals surface area contributed by atoms with Gasteiger partial charge in [0, 0.05) is 18.8 Å². The molecule has 19 heavy (non-hydrogen) atoms. The molecular formula is C11H19N3O4S. The zero-order valence-electron chi connectivity index (χ0n) is 10.6. The van der Waals surface area contributed by atoms with E-state index in [4.69, 9.17) is 16.6 Å². The Labute approximate surface area is 115 Å². The third kappa shape index (κ3) is 5.07. The Morgan fingerprint density at radius 3 is 2.68 bits per heavy atom. The van der Waals surface area contributed by atoms with Gasteiger partial charge in [-0.3, -0.25) is 14.4 Å². The number of nitrogens with two attached hydrogens (primary N) is 2. The summed E-state index contributed by atoms with van der Waals surface area (Å²) in [7, 11) is 0. The third-order valence-corrected chi connectivity index (χ3v) is 4.06. The van der Waals surface area contributed by atoms with Gasteiger partial charge in [-0.25, -0.2) is 0 Å². The second kappa shape index (κ2) is 7.34. The topological polar surface area (TPSA) is 127 Å². The first-order valence-electron chi connectivity index (χ1n) is 6.05. The Hall–Kier alpha value is -1.28. The van der Waals surface area contributed by atoms with Crippen molar-refractivity contribution < 1.29 is 19.5 Å². The molecule has 1 aliphatic heterocycles. The van der Waals surface area contributed by atoms with Crippen molar-refractivity contribution in [1.82, 2.24) is 4.90 Å². The van der Waals surface area contributed by atoms with E-state index in [1.165, 1.54) is 11.8 Å². The SMILES string of the molecule is NC(=O)C1CCCN(C(=O)CSC[C@H](N)C(=O)O)C1. The first kappa shape index (κ1) is 15.8. The highest BCUT2D eigenvalue weighted by molar-refractivity contribution is 8.00. The summed E-state index contributed by atoms with van der Waals surface area (Å²) in [5, 5.41) is 8.61. The molecule has 5 N–H and O–H groups in total. The molecule has 0 saturated carbocycles. The van der Waals surface area contributed by atoms with Crippen LogP contribution in [0.2, 0.25) is 0 Å². The smallest absolute Gasteiger partial charge is 0.321 e. The molecule has 0 radical (unpaired) electrons. The molecule has 1 rings (SSSR count). The van der Waals surface area contributed by atoms with Gasteiger partial charge in [0.15, 0.2) is 0 Å². The summed E-state index contributed by atoms with van der Waals surface area (Å²) in [6, 6.07) is -0.961. The lowest BCUT2D eigenvalue weighted by Gasteiger charge is -2.31. The van der Waals surface area contributed by atoms with Crippen molar-refractivity contribution in [2.45, 2.75) is 18.9 Å². The molecule has 0 spiro atoms. The van der Waals surface area contributed by atoms with Gasteiger partial charge in [-0.2, -0.15) is 0 Å². The molecule has 0 aromatic rings. The van der Waals surface area contributed by atoms with Crippen LogP contribution in [-0.4, -0.2) is 58.4 Å². The lowest BCUT2D eigenvalue weighted by Crippen LogP contribution is -2.45. The van der Waals surface area contributed by atoms with E-state index in [0.717, 1.165) is 12.8 Å². The summed E-state index contributed by atoms with van der Waals surface area (Å²) in [4.78, 5) is 35.1. The Morgan fingerprint density at radius 2 is 2.11 bits per heavy atom. The summed E-state index contributed by atoms with van der Waals surface area (Å²) in [5.74, 6) is -1.47. The monoisotopic (exact) mass is 289 g/mol. The van der Waals surface area contributed by atoms with Gasteiger partial charge in [0.25, 0.3) is 0 Å². The fraction of sp³-hybridized carbons (Fsp3) is 0.727. The Bertz CT molecular complexity index is 364. The van der Waals surface area contributed by atoms with Crippen molar-refractivity contribution >= 4 is 29.5 Å². The minimum atomic E-state index is -1.08. The fourth-order valence-corrected chi connectivity index (χ4v) is 2.74. The molecule has 1 unspecified atom stereocenters. The van der Waals surface area contributed by atoms with Crippen molar-refractivity contribution in [2.75, 3.05) is 24.6 Å². The minimum absolute atomic E-state index is 0.103. The van der Waals surface area contributed by atoms with Crippen LogP contribution in [0.3, 0.4) is 0 Å². The Kier molecular flexibility index (Phi) is 6.10. The Balaban J connectivity index is 2.33. The average molecular weight is 289 g/mol. The van der Waals surface area contributed by atoms with Gasteiger partial charge in [-0.05, 0) is 12.8 Å². The number of carboxylic acid groups (broad SMARTS) is 1. The molecule has 108 valence electrons. The zero-order valence-corrected chi connectivity index (χ0v) is 11.4. The van der Waals surface area contributed by atoms with Gasteiger partial charge in [0.2, 0.25) is 11.8 Å². The molecule has 2 atom stereocenters. The first-order valence-corrected chi connectivity index (χ1v) is 7.20. The van der Waals surface area contributed by atoms with Crippen molar-refractivity contribution in [1.29, 1.82) is 0 Å². The van der Waals surface area contributed by atoms with Crippen molar-refractivity contribution in [3.05, 3.63) is 0 Å². The van der Waals surface area contributed by atoms with Crippen LogP contribution in [0.4, 0.5) is 0 Å². The number of likely N-dealkylation sites (tertiary alicyclic amines) is 1. The van der Waals surface area contributed by atoms with Gasteiger partial charge in [0.05, 0.1) is 11.7 Å². The van der Waals surface area contributed by atoms with Crippen LogP contribution in [0, 0.1) is 5.92 Å². The van der Waals surface area contributed by atoms with Crippen LogP contribution in [0.25, 0.3) is 0 Å². The fourth-order valence-electron chi connectivity index (χ4n) is 1.87. The number of carboxylic acids is 1. The van der Waals surface area contributed by atoms with Gasteiger partial charge < -0.3 is 21.5 Å². The average Bonchev–Trinajstić information content (AvgIpc) is 2.38. The highest BCUT2D eigenvalue weighted by atomic mass is 32.2. The molecule has 0 aromatic heterocycles. The predicted octanol–water partition coefficient (Wildman–Crippen LogP) is -1.14. The van der Waals surface area contributed by atoms with E-state index in [-0.39, 0.29) is 29.2 Å². The van der Waals surface area contributed by atoms with Crippen LogP contribution < -0.4 is 11.5 Å². The number of hydrogen-bond acceptors (Lipinski definition) is 5. The number of thioether (sulfide) groups is 1. The first-order chi connectivity index (χ1) is 8.91. The molecular weight excluding hydrogens is 270 g/mol. The summed E-state index contributed by atoms with van der Waals surface area (Å²) < 4.78 is 0. The van der Waals surface area contributed by atoms with Gasteiger partial charge in [-0.1, -0.05) is 0 Å². The molecule has 0 bridgehead atoms. The number of carbonyl (C=O) groups excluding carboxylic acids is 2. The second-order valence-electron chi connectivity index (χ2n) is 4.54. The van der Waals surface area contributed by atoms with Crippen molar-refractivity contribution in [3.8, 4) is 0 Å². The number of carbonyl (C=O) groups is 3. The number of nitrogens with zero attached hydrogens (tertiary/aromatic N) is 1. The molecule has 8 heteroatoms. The molecule has 1 saturated heterocycles. The van der Waals surface area contributed by atoms with Crippen LogP contribution in [-0.2, 0) is 14.4 Å². The van der Waals surface area contributed by atoms with Gasteiger partial charge in [0.1, 0.15) is 6.04 Å². The van der Waals surface area contributed by atoms with Gasteiger partial charge >= 0.3 is 5.97 Å². The second-order valence-corrected chi connectivity index (χ2v) is 5.57. The third-order valence-electron chi connectivity index (χ3n) is 3.02. The lowest BCUT2D eigenvalue weighted by molar-refractivity contribution is -0.138. The van der Waals surface area contributed by atoms with Gasteiger partial charge in [-0.15, -0.1) is 11.8 Å². The van der Waals surface area contributed by atoms with E-state index in [1.807, 2.05) is 0 Å². The van der Waals surface area contributed by atoms with E-state index in [0.29, 0.717) is 13.1 Å². The summed E-state index contributed by atoms with van der Waals surface area (Å²) in [6.07, 6.45) is 1.48. The summed E-state index contributed by atoms with van der Waals surface area (Å²) in [6.45, 7) is 0.980. The molecule has 1 heterocycles. The molecule has 1 fully saturated rings. The van der Waals surface area contributed by atoms with Crippen LogP contribution >= 0.6 is 11.8 Å². The molecule has 0 aromatic carbocycles. The lowest BCUT2D eigenvalue weighted by atomic mass is 9.97. The summed E-state index contributed by atoms with van der Waals surface area (Å²) in [5.41, 5.74) is 10.6. The van der Waals surface area contributed by atoms with Crippen molar-refractivity contribution in [2.24, 2.45) is 17.4 Å². The van der Waals surface area contributed by atoms with E-state index in [1.54, 1.807) is 4.90 Å². The normalized spacial score (nSPS) is 20.9. The highest BCUT2D eigenvalue weighted by Gasteiger charge is 2.26. The number of piperidine rings is 1. The Morgan fingerprint density at radius 1 is 1.42 bits per heavy atom. The quantitative estimate of drug-likeness (QED) is 0.567. The minimum Gasteiger partial charge on any atom is -0.480 e. The molecule has 1 aliphatic rings. The van der Waals surface area contributed by atoms with Crippen molar-refractivity contribution in [3.63, 3.8) is 0 Å². The highest BCUT2D eigenvalue weighted by Crippen LogP contribution is 2.17. The standard InChI is InChI=1S/C11H19N3O4S/c12-8(11(17)18)5-19-6-9(15)14-3-1-2-7(4-14)10(13)16/h7-8H,1-6,12H2,(H2,13,16)(H,17,18)/t7?,8-/m0/s1. The van der Waals surface area contributed by atoms with Crippen LogP contribution in [0.5, 0.6) is 0 Å². The maximum Gasteiger partial charge on any atom is 0.321 e. The van der Waals surface area contributed by atoms with E-state index in [9.17, 15) is 14.4 Å². The number of aliphatic carboxylic acids is 1. The summed E-state index contributed by atoms with van der Waals surface area (Å²) >= 11 is 1.19. The molecule has 7 nitrogen and oxygen atoms in total. The zero-order chi connectivity index (χ0) is 14.4. The van der Waals surface area contributed by atoms with Crippen LogP contribution in [0.15, 0.2) is 0 Å². The largest absolute Gasteiger partial charge is 0.480 e. The van der Waals surface area contributed by atoms with E-state index >= 15 is 0 Å². The van der Waals surface area contributed by atoms with E-state index < -0.39 is 12.0 Å². The predicted molar refractivity (Wildman–Crippen MR) is 71.4 cm³/mol.